The number of Topliss-reactive ketones (excluding diaryl/α,β-unsaturated/α-hetero) is 1. The third-order valence-electron chi connectivity index (χ3n) is 3.42. The number of pyridine rings is 1. The quantitative estimate of drug-likeness (QED) is 0.632. The third kappa shape index (κ3) is 3.18. The topological polar surface area (TPSA) is 114 Å². The molecule has 2 aromatic heterocycles. The van der Waals surface area contributed by atoms with Crippen LogP contribution in [0, 0.1) is 0 Å². The Hall–Kier alpha value is -3.22. The number of aromatic amines is 1. The normalized spacial score (nSPS) is 10.7. The van der Waals surface area contributed by atoms with Crippen molar-refractivity contribution < 1.29 is 4.79 Å². The maximum absolute atomic E-state index is 11.9. The fraction of sp³-hybridized carbons (Fsp3) is 0.125. The van der Waals surface area contributed by atoms with Gasteiger partial charge in [-0.15, -0.1) is 0 Å². The lowest BCUT2D eigenvalue weighted by Crippen LogP contribution is -2.12. The van der Waals surface area contributed by atoms with Gasteiger partial charge in [-0.1, -0.05) is 0 Å². The predicted molar refractivity (Wildman–Crippen MR) is 88.3 cm³/mol. The smallest absolute Gasteiger partial charge is 0.261 e. The van der Waals surface area contributed by atoms with Crippen molar-refractivity contribution in [3.05, 3.63) is 58.0 Å². The van der Waals surface area contributed by atoms with E-state index < -0.39 is 0 Å². The van der Waals surface area contributed by atoms with E-state index >= 15 is 0 Å². The molecule has 116 valence electrons. The van der Waals surface area contributed by atoms with Crippen LogP contribution in [0.25, 0.3) is 11.0 Å². The zero-order valence-electron chi connectivity index (χ0n) is 12.5. The molecule has 1 aromatic carbocycles. The summed E-state index contributed by atoms with van der Waals surface area (Å²) in [4.78, 5) is 33.7. The van der Waals surface area contributed by atoms with Crippen LogP contribution in [0.15, 0.2) is 41.3 Å². The maximum atomic E-state index is 11.9. The molecular formula is C16H15N5O2. The van der Waals surface area contributed by atoms with Gasteiger partial charge in [0.2, 0.25) is 5.95 Å². The van der Waals surface area contributed by atoms with E-state index in [-0.39, 0.29) is 17.3 Å². The van der Waals surface area contributed by atoms with Crippen molar-refractivity contribution in [1.29, 1.82) is 0 Å². The van der Waals surface area contributed by atoms with Gasteiger partial charge in [-0.3, -0.25) is 14.6 Å². The second kappa shape index (κ2) is 5.88. The fourth-order valence-corrected chi connectivity index (χ4v) is 2.21. The van der Waals surface area contributed by atoms with E-state index in [1.54, 1.807) is 24.4 Å². The minimum absolute atomic E-state index is 0.0290. The van der Waals surface area contributed by atoms with E-state index in [0.29, 0.717) is 23.1 Å². The van der Waals surface area contributed by atoms with Crippen LogP contribution in [-0.4, -0.2) is 20.7 Å². The van der Waals surface area contributed by atoms with Gasteiger partial charge in [-0.05, 0) is 42.8 Å². The van der Waals surface area contributed by atoms with Gasteiger partial charge in [0.1, 0.15) is 0 Å². The standard InChI is InChI=1S/C16H15N5O2/c1-9(22)11-2-4-12(5-3-11)18-7-10-6-13-14(19-8-10)20-16(17)21-15(13)23/h2-6,8,18H,7H2,1H3,(H3,17,19,20,21,23). The van der Waals surface area contributed by atoms with Gasteiger partial charge in [0.15, 0.2) is 11.4 Å². The molecule has 0 saturated heterocycles. The lowest BCUT2D eigenvalue weighted by Gasteiger charge is -2.07. The Morgan fingerprint density at radius 3 is 2.74 bits per heavy atom. The number of nitrogens with two attached hydrogens (primary N) is 1. The average molecular weight is 309 g/mol. The molecule has 0 aliphatic heterocycles. The zero-order valence-corrected chi connectivity index (χ0v) is 12.5. The molecule has 7 nitrogen and oxygen atoms in total. The number of hydrogen-bond donors (Lipinski definition) is 3. The number of anilines is 2. The summed E-state index contributed by atoms with van der Waals surface area (Å²) in [5.74, 6) is 0.0766. The van der Waals surface area contributed by atoms with Crippen LogP contribution in [0.2, 0.25) is 0 Å². The summed E-state index contributed by atoms with van der Waals surface area (Å²) in [5.41, 5.74) is 7.87. The first-order valence-corrected chi connectivity index (χ1v) is 7.02. The summed E-state index contributed by atoms with van der Waals surface area (Å²) in [7, 11) is 0. The Morgan fingerprint density at radius 1 is 1.30 bits per heavy atom. The van der Waals surface area contributed by atoms with E-state index in [2.05, 4.69) is 20.3 Å². The van der Waals surface area contributed by atoms with Crippen LogP contribution >= 0.6 is 0 Å². The van der Waals surface area contributed by atoms with Crippen molar-refractivity contribution in [3.8, 4) is 0 Å². The number of aromatic nitrogens is 3. The molecule has 0 atom stereocenters. The lowest BCUT2D eigenvalue weighted by atomic mass is 10.1. The van der Waals surface area contributed by atoms with E-state index in [9.17, 15) is 9.59 Å². The van der Waals surface area contributed by atoms with E-state index in [1.807, 2.05) is 12.1 Å². The summed E-state index contributed by atoms with van der Waals surface area (Å²) in [5, 5.41) is 3.61. The Bertz CT molecular complexity index is 931. The highest BCUT2D eigenvalue weighted by Gasteiger charge is 2.05. The third-order valence-corrected chi connectivity index (χ3v) is 3.42. The minimum Gasteiger partial charge on any atom is -0.381 e. The van der Waals surface area contributed by atoms with Crippen molar-refractivity contribution in [1.82, 2.24) is 15.0 Å². The van der Waals surface area contributed by atoms with Crippen LogP contribution in [0.4, 0.5) is 11.6 Å². The fourth-order valence-electron chi connectivity index (χ4n) is 2.21. The summed E-state index contributed by atoms with van der Waals surface area (Å²) in [6.07, 6.45) is 1.64. The van der Waals surface area contributed by atoms with Crippen molar-refractivity contribution >= 4 is 28.5 Å². The molecule has 23 heavy (non-hydrogen) atoms. The molecule has 3 aromatic rings. The number of hydrogen-bond acceptors (Lipinski definition) is 6. The Morgan fingerprint density at radius 2 is 2.04 bits per heavy atom. The van der Waals surface area contributed by atoms with Gasteiger partial charge in [-0.25, -0.2) is 4.98 Å². The van der Waals surface area contributed by atoms with Crippen LogP contribution < -0.4 is 16.6 Å². The van der Waals surface area contributed by atoms with Crippen molar-refractivity contribution in [2.45, 2.75) is 13.5 Å². The highest BCUT2D eigenvalue weighted by atomic mass is 16.1. The summed E-state index contributed by atoms with van der Waals surface area (Å²) < 4.78 is 0. The van der Waals surface area contributed by atoms with E-state index in [0.717, 1.165) is 11.3 Å². The number of carbonyl (C=O) groups excluding carboxylic acids is 1. The number of H-pyrrole nitrogens is 1. The Balaban J connectivity index is 1.79. The first kappa shape index (κ1) is 14.7. The second-order valence-corrected chi connectivity index (χ2v) is 5.15. The van der Waals surface area contributed by atoms with Crippen LogP contribution in [0.3, 0.4) is 0 Å². The van der Waals surface area contributed by atoms with Crippen molar-refractivity contribution in [2.75, 3.05) is 11.1 Å². The molecule has 7 heteroatoms. The van der Waals surface area contributed by atoms with Crippen molar-refractivity contribution in [3.63, 3.8) is 0 Å². The molecule has 0 spiro atoms. The molecular weight excluding hydrogens is 294 g/mol. The molecule has 0 amide bonds. The molecule has 0 aliphatic carbocycles. The molecule has 0 bridgehead atoms. The largest absolute Gasteiger partial charge is 0.381 e. The molecule has 0 radical (unpaired) electrons. The summed E-state index contributed by atoms with van der Waals surface area (Å²) in [6.45, 7) is 2.02. The Kier molecular flexibility index (Phi) is 3.76. The number of nitrogens with zero attached hydrogens (tertiary/aromatic N) is 2. The molecule has 4 N–H and O–H groups in total. The Labute approximate surface area is 131 Å². The van der Waals surface area contributed by atoms with Crippen LogP contribution in [-0.2, 0) is 6.54 Å². The minimum atomic E-state index is -0.312. The highest BCUT2D eigenvalue weighted by molar-refractivity contribution is 5.94. The summed E-state index contributed by atoms with van der Waals surface area (Å²) in [6, 6.07) is 8.92. The lowest BCUT2D eigenvalue weighted by molar-refractivity contribution is 0.101. The number of carbonyl (C=O) groups is 1. The average Bonchev–Trinajstić information content (AvgIpc) is 2.53. The number of fused-ring (bicyclic) bond motifs is 1. The van der Waals surface area contributed by atoms with Gasteiger partial charge < -0.3 is 11.1 Å². The SMILES string of the molecule is CC(=O)c1ccc(NCc2cnc3nc(N)[nH]c(=O)c3c2)cc1. The van der Waals surface area contributed by atoms with Gasteiger partial charge in [-0.2, -0.15) is 4.98 Å². The number of nitrogens with one attached hydrogen (secondary N) is 2. The predicted octanol–water partition coefficient (Wildman–Crippen LogP) is 1.71. The molecule has 2 heterocycles. The summed E-state index contributed by atoms with van der Waals surface area (Å²) >= 11 is 0. The number of benzene rings is 1. The molecule has 3 rings (SSSR count). The first-order chi connectivity index (χ1) is 11.0. The van der Waals surface area contributed by atoms with E-state index in [1.165, 1.54) is 6.92 Å². The van der Waals surface area contributed by atoms with Gasteiger partial charge in [0.05, 0.1) is 5.39 Å². The van der Waals surface area contributed by atoms with Gasteiger partial charge in [0.25, 0.3) is 5.56 Å². The second-order valence-electron chi connectivity index (χ2n) is 5.15. The van der Waals surface area contributed by atoms with Gasteiger partial charge in [0, 0.05) is 24.0 Å². The van der Waals surface area contributed by atoms with Crippen molar-refractivity contribution in [2.24, 2.45) is 0 Å². The molecule has 0 unspecified atom stereocenters. The van der Waals surface area contributed by atoms with E-state index in [4.69, 9.17) is 5.73 Å². The monoisotopic (exact) mass is 309 g/mol. The maximum Gasteiger partial charge on any atom is 0.261 e. The number of nitrogen functional groups attached to an aromatic ring is 1. The molecule has 0 fully saturated rings. The number of rotatable bonds is 4. The molecule has 0 saturated carbocycles. The highest BCUT2D eigenvalue weighted by Crippen LogP contribution is 2.13. The number of ketones is 1. The van der Waals surface area contributed by atoms with Crippen LogP contribution in [0.1, 0.15) is 22.8 Å². The zero-order chi connectivity index (χ0) is 16.4. The first-order valence-electron chi connectivity index (χ1n) is 7.02. The molecule has 0 aliphatic rings. The van der Waals surface area contributed by atoms with Crippen LogP contribution in [0.5, 0.6) is 0 Å². The van der Waals surface area contributed by atoms with Gasteiger partial charge >= 0.3 is 0 Å².